The molecular weight excluding hydrogens is 356 g/mol. The van der Waals surface area contributed by atoms with Crippen LogP contribution in [-0.4, -0.2) is 20.6 Å². The number of rotatable bonds is 4. The van der Waals surface area contributed by atoms with Gasteiger partial charge in [0.25, 0.3) is 11.6 Å². The minimum atomic E-state index is -0.572. The second-order valence-electron chi connectivity index (χ2n) is 5.67. The molecule has 0 bridgehead atoms. The van der Waals surface area contributed by atoms with Crippen molar-refractivity contribution in [1.82, 2.24) is 9.78 Å². The number of hydrogen-bond acceptors (Lipinski definition) is 4. The summed E-state index contributed by atoms with van der Waals surface area (Å²) >= 11 is 6.04. The van der Waals surface area contributed by atoms with Crippen LogP contribution < -0.4 is 5.32 Å². The van der Waals surface area contributed by atoms with Gasteiger partial charge in [-0.15, -0.1) is 0 Å². The predicted octanol–water partition coefficient (Wildman–Crippen LogP) is 4.30. The molecule has 0 aliphatic heterocycles. The van der Waals surface area contributed by atoms with Crippen LogP contribution in [0.1, 0.15) is 21.7 Å². The van der Waals surface area contributed by atoms with E-state index in [4.69, 9.17) is 11.6 Å². The first-order valence-electron chi connectivity index (χ1n) is 7.75. The lowest BCUT2D eigenvalue weighted by atomic mass is 10.1. The third-order valence-electron chi connectivity index (χ3n) is 3.94. The average Bonchev–Trinajstić information content (AvgIpc) is 2.90. The Kier molecular flexibility index (Phi) is 4.73. The van der Waals surface area contributed by atoms with Crippen LogP contribution in [0, 0.1) is 24.0 Å². The Morgan fingerprint density at radius 1 is 1.19 bits per heavy atom. The number of nitro benzene ring substituents is 1. The summed E-state index contributed by atoms with van der Waals surface area (Å²) < 4.78 is 1.72. The highest BCUT2D eigenvalue weighted by Gasteiger charge is 2.20. The number of nitro groups is 1. The summed E-state index contributed by atoms with van der Waals surface area (Å²) in [6.07, 6.45) is 0. The van der Waals surface area contributed by atoms with Gasteiger partial charge in [-0.25, -0.2) is 4.68 Å². The Morgan fingerprint density at radius 3 is 2.54 bits per heavy atom. The number of amides is 1. The number of halogens is 1. The van der Waals surface area contributed by atoms with E-state index in [1.54, 1.807) is 11.6 Å². The Labute approximate surface area is 154 Å². The van der Waals surface area contributed by atoms with Gasteiger partial charge >= 0.3 is 0 Å². The van der Waals surface area contributed by atoms with Crippen LogP contribution in [0.4, 0.5) is 11.4 Å². The zero-order valence-corrected chi connectivity index (χ0v) is 14.8. The first kappa shape index (κ1) is 17.6. The lowest BCUT2D eigenvalue weighted by Crippen LogP contribution is -2.14. The van der Waals surface area contributed by atoms with Crippen LogP contribution >= 0.6 is 11.6 Å². The topological polar surface area (TPSA) is 90.1 Å². The molecule has 0 radical (unpaired) electrons. The van der Waals surface area contributed by atoms with Crippen molar-refractivity contribution in [3.63, 3.8) is 0 Å². The number of carbonyl (C=O) groups is 1. The van der Waals surface area contributed by atoms with E-state index in [0.717, 1.165) is 17.4 Å². The van der Waals surface area contributed by atoms with E-state index in [0.29, 0.717) is 11.4 Å². The van der Waals surface area contributed by atoms with E-state index in [1.807, 2.05) is 37.3 Å². The first-order valence-corrected chi connectivity index (χ1v) is 8.13. The molecule has 0 atom stereocenters. The summed E-state index contributed by atoms with van der Waals surface area (Å²) in [7, 11) is 0. The lowest BCUT2D eigenvalue weighted by Gasteiger charge is -2.08. The molecule has 0 spiro atoms. The second-order valence-corrected chi connectivity index (χ2v) is 6.08. The van der Waals surface area contributed by atoms with Gasteiger partial charge in [0.2, 0.25) is 0 Å². The third kappa shape index (κ3) is 3.29. The summed E-state index contributed by atoms with van der Waals surface area (Å²) in [5.41, 5.74) is 2.60. The molecule has 1 aromatic heterocycles. The minimum Gasteiger partial charge on any atom is -0.319 e. The number of nitrogens with one attached hydrogen (secondary N) is 1. The number of para-hydroxylation sites is 1. The minimum absolute atomic E-state index is 0.0344. The van der Waals surface area contributed by atoms with Crippen molar-refractivity contribution in [3.05, 3.63) is 80.6 Å². The molecule has 1 heterocycles. The second kappa shape index (κ2) is 6.97. The van der Waals surface area contributed by atoms with Crippen LogP contribution in [0.5, 0.6) is 0 Å². The lowest BCUT2D eigenvalue weighted by molar-refractivity contribution is -0.384. The van der Waals surface area contributed by atoms with E-state index < -0.39 is 10.8 Å². The monoisotopic (exact) mass is 370 g/mol. The average molecular weight is 371 g/mol. The standard InChI is InChI=1S/C18H15ClN4O3/c1-11-17(12(2)22(21-11)13-6-4-3-5-7-13)20-18(24)15-10-14(23(25)26)8-9-16(15)19/h3-10H,1-2H3,(H,20,24). The molecule has 132 valence electrons. The van der Waals surface area contributed by atoms with Gasteiger partial charge in [-0.3, -0.25) is 14.9 Å². The number of benzene rings is 2. The van der Waals surface area contributed by atoms with Crippen molar-refractivity contribution < 1.29 is 9.72 Å². The fraction of sp³-hybridized carbons (Fsp3) is 0.111. The smallest absolute Gasteiger partial charge is 0.270 e. The summed E-state index contributed by atoms with van der Waals surface area (Å²) in [5.74, 6) is -0.530. The van der Waals surface area contributed by atoms with E-state index in [9.17, 15) is 14.9 Å². The third-order valence-corrected chi connectivity index (χ3v) is 4.27. The quantitative estimate of drug-likeness (QED) is 0.547. The highest BCUT2D eigenvalue weighted by molar-refractivity contribution is 6.34. The molecule has 26 heavy (non-hydrogen) atoms. The zero-order valence-electron chi connectivity index (χ0n) is 14.1. The van der Waals surface area contributed by atoms with Crippen LogP contribution in [0.25, 0.3) is 5.69 Å². The maximum atomic E-state index is 12.6. The Bertz CT molecular complexity index is 999. The fourth-order valence-electron chi connectivity index (χ4n) is 2.63. The van der Waals surface area contributed by atoms with Gasteiger partial charge in [0.1, 0.15) is 0 Å². The van der Waals surface area contributed by atoms with E-state index in [2.05, 4.69) is 10.4 Å². The number of nitrogens with zero attached hydrogens (tertiary/aromatic N) is 3. The normalized spacial score (nSPS) is 10.6. The van der Waals surface area contributed by atoms with Crippen LogP contribution in [0.15, 0.2) is 48.5 Å². The van der Waals surface area contributed by atoms with Gasteiger partial charge < -0.3 is 5.32 Å². The maximum Gasteiger partial charge on any atom is 0.270 e. The van der Waals surface area contributed by atoms with E-state index in [-0.39, 0.29) is 16.3 Å². The van der Waals surface area contributed by atoms with E-state index >= 15 is 0 Å². The van der Waals surface area contributed by atoms with Crippen molar-refractivity contribution >= 4 is 28.9 Å². The number of non-ortho nitro benzene ring substituents is 1. The molecule has 0 aliphatic carbocycles. The van der Waals surface area contributed by atoms with Crippen LogP contribution in [-0.2, 0) is 0 Å². The first-order chi connectivity index (χ1) is 12.4. The van der Waals surface area contributed by atoms with Crippen molar-refractivity contribution in [3.8, 4) is 5.69 Å². The number of hydrogen-bond donors (Lipinski definition) is 1. The predicted molar refractivity (Wildman–Crippen MR) is 99.1 cm³/mol. The summed E-state index contributed by atoms with van der Waals surface area (Å²) in [6.45, 7) is 3.61. The highest BCUT2D eigenvalue weighted by Crippen LogP contribution is 2.26. The van der Waals surface area contributed by atoms with Crippen molar-refractivity contribution in [1.29, 1.82) is 0 Å². The van der Waals surface area contributed by atoms with E-state index in [1.165, 1.54) is 12.1 Å². The molecule has 3 aromatic rings. The number of carbonyl (C=O) groups excluding carboxylic acids is 1. The number of anilines is 1. The largest absolute Gasteiger partial charge is 0.319 e. The Balaban J connectivity index is 1.95. The molecule has 0 saturated heterocycles. The van der Waals surface area contributed by atoms with Gasteiger partial charge in [0.15, 0.2) is 0 Å². The van der Waals surface area contributed by atoms with Gasteiger partial charge in [0, 0.05) is 12.1 Å². The summed E-state index contributed by atoms with van der Waals surface area (Å²) in [4.78, 5) is 23.0. The molecule has 3 rings (SSSR count). The van der Waals surface area contributed by atoms with Gasteiger partial charge in [-0.1, -0.05) is 29.8 Å². The Morgan fingerprint density at radius 2 is 1.88 bits per heavy atom. The highest BCUT2D eigenvalue weighted by atomic mass is 35.5. The zero-order chi connectivity index (χ0) is 18.8. The van der Waals surface area contributed by atoms with Crippen molar-refractivity contribution in [2.24, 2.45) is 0 Å². The maximum absolute atomic E-state index is 12.6. The summed E-state index contributed by atoms with van der Waals surface area (Å²) in [5, 5.41) is 18.3. The van der Waals surface area contributed by atoms with Crippen LogP contribution in [0.3, 0.4) is 0 Å². The molecule has 1 amide bonds. The number of aromatic nitrogens is 2. The number of aryl methyl sites for hydroxylation is 1. The van der Waals surface area contributed by atoms with Crippen molar-refractivity contribution in [2.75, 3.05) is 5.32 Å². The molecular formula is C18H15ClN4O3. The van der Waals surface area contributed by atoms with Gasteiger partial charge in [0.05, 0.1) is 38.3 Å². The Hall–Kier alpha value is -3.19. The van der Waals surface area contributed by atoms with Gasteiger partial charge in [-0.2, -0.15) is 5.10 Å². The molecule has 1 N–H and O–H groups in total. The summed E-state index contributed by atoms with van der Waals surface area (Å²) in [6, 6.07) is 13.3. The molecule has 0 aliphatic rings. The molecule has 2 aromatic carbocycles. The van der Waals surface area contributed by atoms with Gasteiger partial charge in [-0.05, 0) is 32.0 Å². The SMILES string of the molecule is Cc1nn(-c2ccccc2)c(C)c1NC(=O)c1cc([N+](=O)[O-])ccc1Cl. The molecule has 8 heteroatoms. The molecule has 0 unspecified atom stereocenters. The molecule has 7 nitrogen and oxygen atoms in total. The van der Waals surface area contributed by atoms with Crippen LogP contribution in [0.2, 0.25) is 5.02 Å². The molecule has 0 saturated carbocycles. The van der Waals surface area contributed by atoms with Crippen molar-refractivity contribution in [2.45, 2.75) is 13.8 Å². The fourth-order valence-corrected chi connectivity index (χ4v) is 2.83. The molecule has 0 fully saturated rings.